The summed E-state index contributed by atoms with van der Waals surface area (Å²) < 4.78 is 23.9. The van der Waals surface area contributed by atoms with Crippen molar-refractivity contribution in [2.45, 2.75) is 19.3 Å². The Hall–Kier alpha value is -0.620. The second-order valence-electron chi connectivity index (χ2n) is 2.77. The van der Waals surface area contributed by atoms with Gasteiger partial charge in [-0.15, -0.1) is 11.6 Å². The molecule has 1 aromatic rings. The molecule has 0 spiro atoms. The number of halogens is 1. The topological polar surface area (TPSA) is 64.8 Å². The fourth-order valence-corrected chi connectivity index (χ4v) is 1.90. The van der Waals surface area contributed by atoms with Gasteiger partial charge in [0.25, 0.3) is 0 Å². The monoisotopic (exact) mass is 237 g/mol. The Morgan fingerprint density at radius 3 is 2.86 bits per heavy atom. The van der Waals surface area contributed by atoms with Crippen molar-refractivity contribution in [3.05, 3.63) is 12.2 Å². The molecule has 0 unspecified atom stereocenters. The van der Waals surface area contributed by atoms with E-state index in [1.807, 2.05) is 0 Å². The molecule has 0 N–H and O–H groups in total. The fourth-order valence-electron chi connectivity index (χ4n) is 0.948. The first kappa shape index (κ1) is 11.5. The van der Waals surface area contributed by atoms with Gasteiger partial charge in [-0.05, 0) is 0 Å². The minimum Gasteiger partial charge on any atom is -0.248 e. The first-order valence-corrected chi connectivity index (χ1v) is 6.57. The Balaban J connectivity index is 2.62. The number of hydrogen-bond donors (Lipinski definition) is 0. The van der Waals surface area contributed by atoms with E-state index in [4.69, 9.17) is 11.6 Å². The third kappa shape index (κ3) is 2.95. The number of sulfone groups is 1. The van der Waals surface area contributed by atoms with Gasteiger partial charge >= 0.3 is 0 Å². The summed E-state index contributed by atoms with van der Waals surface area (Å²) in [5.41, 5.74) is 0. The first-order valence-electron chi connectivity index (χ1n) is 4.22. The van der Waals surface area contributed by atoms with E-state index >= 15 is 0 Å². The molecule has 0 atom stereocenters. The number of aryl methyl sites for hydroxylation is 1. The van der Waals surface area contributed by atoms with Gasteiger partial charge in [0.2, 0.25) is 0 Å². The summed E-state index contributed by atoms with van der Waals surface area (Å²) in [5.74, 6) is 1.07. The smallest absolute Gasteiger partial charge is 0.151 e. The zero-order valence-electron chi connectivity index (χ0n) is 7.85. The molecule has 0 fully saturated rings. The first-order chi connectivity index (χ1) is 6.59. The van der Waals surface area contributed by atoms with Gasteiger partial charge in [0.15, 0.2) is 9.84 Å². The second-order valence-corrected chi connectivity index (χ2v) is 5.51. The molecular formula is C7H12ClN3O2S. The molecule has 0 bridgehead atoms. The zero-order valence-corrected chi connectivity index (χ0v) is 9.42. The molecule has 0 amide bonds. The van der Waals surface area contributed by atoms with Crippen LogP contribution in [0.2, 0.25) is 0 Å². The van der Waals surface area contributed by atoms with Crippen LogP contribution in [0.4, 0.5) is 0 Å². The summed E-state index contributed by atoms with van der Waals surface area (Å²) in [4.78, 5) is 3.89. The van der Waals surface area contributed by atoms with Gasteiger partial charge in [-0.25, -0.2) is 18.1 Å². The Morgan fingerprint density at radius 2 is 2.29 bits per heavy atom. The van der Waals surface area contributed by atoms with Crippen molar-refractivity contribution in [3.63, 3.8) is 0 Å². The van der Waals surface area contributed by atoms with E-state index in [1.54, 1.807) is 6.92 Å². The maximum absolute atomic E-state index is 11.2. The Bertz CT molecular complexity index is 387. The van der Waals surface area contributed by atoms with E-state index in [0.29, 0.717) is 12.4 Å². The van der Waals surface area contributed by atoms with Crippen molar-refractivity contribution in [1.29, 1.82) is 0 Å². The summed E-state index contributed by atoms with van der Waals surface area (Å²) in [5, 5.41) is 3.88. The summed E-state index contributed by atoms with van der Waals surface area (Å²) in [6.45, 7) is 1.94. The van der Waals surface area contributed by atoms with Crippen LogP contribution in [0.5, 0.6) is 0 Å². The average Bonchev–Trinajstić information content (AvgIpc) is 2.62. The molecule has 0 aliphatic carbocycles. The maximum atomic E-state index is 11.2. The van der Waals surface area contributed by atoms with E-state index < -0.39 is 9.84 Å². The highest BCUT2D eigenvalue weighted by Gasteiger charge is 2.09. The van der Waals surface area contributed by atoms with Gasteiger partial charge in [-0.2, -0.15) is 5.10 Å². The van der Waals surface area contributed by atoms with Crippen LogP contribution in [-0.2, 0) is 22.3 Å². The highest BCUT2D eigenvalue weighted by atomic mass is 35.5. The van der Waals surface area contributed by atoms with Crippen molar-refractivity contribution in [1.82, 2.24) is 14.8 Å². The molecule has 0 aromatic carbocycles. The van der Waals surface area contributed by atoms with E-state index in [9.17, 15) is 8.42 Å². The Morgan fingerprint density at radius 1 is 1.57 bits per heavy atom. The van der Waals surface area contributed by atoms with Gasteiger partial charge in [0.05, 0.1) is 18.2 Å². The largest absolute Gasteiger partial charge is 0.248 e. The van der Waals surface area contributed by atoms with Crippen LogP contribution < -0.4 is 0 Å². The van der Waals surface area contributed by atoms with Crippen molar-refractivity contribution < 1.29 is 8.42 Å². The quantitative estimate of drug-likeness (QED) is 0.698. The minimum absolute atomic E-state index is 0.0801. The lowest BCUT2D eigenvalue weighted by Crippen LogP contribution is -2.16. The maximum Gasteiger partial charge on any atom is 0.151 e. The van der Waals surface area contributed by atoms with Crippen LogP contribution in [0.3, 0.4) is 0 Å². The minimum atomic E-state index is -2.95. The molecule has 1 rings (SSSR count). The van der Waals surface area contributed by atoms with Gasteiger partial charge in [0, 0.05) is 5.75 Å². The summed E-state index contributed by atoms with van der Waals surface area (Å²) in [7, 11) is -2.95. The molecule has 1 heterocycles. The molecule has 80 valence electrons. The van der Waals surface area contributed by atoms with Crippen LogP contribution in [0.25, 0.3) is 0 Å². The summed E-state index contributed by atoms with van der Waals surface area (Å²) >= 11 is 5.58. The predicted molar refractivity (Wildman–Crippen MR) is 53.9 cm³/mol. The summed E-state index contributed by atoms with van der Waals surface area (Å²) in [6, 6.07) is 0. The molecule has 7 heteroatoms. The van der Waals surface area contributed by atoms with Gasteiger partial charge < -0.3 is 0 Å². The van der Waals surface area contributed by atoms with Crippen LogP contribution >= 0.6 is 11.6 Å². The van der Waals surface area contributed by atoms with Gasteiger partial charge in [-0.1, -0.05) is 6.92 Å². The molecule has 14 heavy (non-hydrogen) atoms. The van der Waals surface area contributed by atoms with Crippen molar-refractivity contribution >= 4 is 21.4 Å². The summed E-state index contributed by atoms with van der Waals surface area (Å²) in [6.07, 6.45) is 1.37. The fraction of sp³-hybridized carbons (Fsp3) is 0.714. The van der Waals surface area contributed by atoms with Crippen molar-refractivity contribution in [2.75, 3.05) is 11.5 Å². The van der Waals surface area contributed by atoms with E-state index in [1.165, 1.54) is 11.0 Å². The number of rotatable bonds is 5. The number of hydrogen-bond acceptors (Lipinski definition) is 4. The van der Waals surface area contributed by atoms with Crippen LogP contribution in [0.1, 0.15) is 12.7 Å². The number of nitrogens with zero attached hydrogens (tertiary/aromatic N) is 3. The lowest BCUT2D eigenvalue weighted by molar-refractivity contribution is 0.576. The predicted octanol–water partition coefficient (Wildman–Crippen LogP) is 0.452. The highest BCUT2D eigenvalue weighted by Crippen LogP contribution is 2.00. The van der Waals surface area contributed by atoms with E-state index in [0.717, 1.165) is 0 Å². The standard InChI is InChI=1S/C7H12ClN3O2S/c1-2-14(12,13)4-3-11-7(5-8)9-6-10-11/h6H,2-5H2,1H3. The molecule has 0 aliphatic heterocycles. The lowest BCUT2D eigenvalue weighted by atomic mass is 10.6. The van der Waals surface area contributed by atoms with Gasteiger partial charge in [0.1, 0.15) is 12.2 Å². The van der Waals surface area contributed by atoms with Crippen molar-refractivity contribution in [2.24, 2.45) is 0 Å². The molecule has 0 saturated heterocycles. The van der Waals surface area contributed by atoms with Crippen LogP contribution in [0, 0.1) is 0 Å². The molecule has 0 saturated carbocycles. The third-order valence-electron chi connectivity index (χ3n) is 1.87. The lowest BCUT2D eigenvalue weighted by Gasteiger charge is -2.03. The van der Waals surface area contributed by atoms with E-state index in [2.05, 4.69) is 10.1 Å². The average molecular weight is 238 g/mol. The number of alkyl halides is 1. The van der Waals surface area contributed by atoms with Crippen LogP contribution in [-0.4, -0.2) is 34.7 Å². The second kappa shape index (κ2) is 4.75. The van der Waals surface area contributed by atoms with Crippen molar-refractivity contribution in [3.8, 4) is 0 Å². The normalized spacial score (nSPS) is 11.9. The molecule has 0 radical (unpaired) electrons. The Kier molecular flexibility index (Phi) is 3.88. The zero-order chi connectivity index (χ0) is 10.6. The highest BCUT2D eigenvalue weighted by molar-refractivity contribution is 7.91. The SMILES string of the molecule is CCS(=O)(=O)CCn1ncnc1CCl. The number of aromatic nitrogens is 3. The molecule has 5 nitrogen and oxygen atoms in total. The third-order valence-corrected chi connectivity index (χ3v) is 3.79. The molecule has 0 aliphatic rings. The van der Waals surface area contributed by atoms with E-state index in [-0.39, 0.29) is 17.4 Å². The molecule has 1 aromatic heterocycles. The van der Waals surface area contributed by atoms with Gasteiger partial charge in [-0.3, -0.25) is 0 Å². The van der Waals surface area contributed by atoms with Crippen LogP contribution in [0.15, 0.2) is 6.33 Å². The molecular weight excluding hydrogens is 226 g/mol. The Labute approximate surface area is 88.0 Å².